The van der Waals surface area contributed by atoms with Gasteiger partial charge in [-0.2, -0.15) is 4.98 Å². The van der Waals surface area contributed by atoms with Crippen LogP contribution in [0.4, 0.5) is 0 Å². The van der Waals surface area contributed by atoms with Gasteiger partial charge in [-0.05, 0) is 35.8 Å². The van der Waals surface area contributed by atoms with Crippen LogP contribution in [0.25, 0.3) is 5.78 Å². The molecule has 0 radical (unpaired) electrons. The van der Waals surface area contributed by atoms with Gasteiger partial charge in [0.25, 0.3) is 11.7 Å². The molecule has 1 aliphatic heterocycles. The molecule has 3 heterocycles. The molecule has 2 aromatic rings. The van der Waals surface area contributed by atoms with Gasteiger partial charge in [-0.15, -0.1) is 17.5 Å². The van der Waals surface area contributed by atoms with E-state index in [0.717, 1.165) is 30.4 Å². The van der Waals surface area contributed by atoms with E-state index in [4.69, 9.17) is 0 Å². The van der Waals surface area contributed by atoms with Crippen LogP contribution in [0.3, 0.4) is 0 Å². The van der Waals surface area contributed by atoms with Crippen LogP contribution < -0.4 is 5.32 Å². The smallest absolute Gasteiger partial charge is 0.293 e. The molecule has 1 atom stereocenters. The maximum absolute atomic E-state index is 12.5. The van der Waals surface area contributed by atoms with E-state index in [9.17, 15) is 4.79 Å². The third-order valence-corrected chi connectivity index (χ3v) is 3.84. The first kappa shape index (κ1) is 16.1. The number of hydrogen-bond acceptors (Lipinski definition) is 5. The summed E-state index contributed by atoms with van der Waals surface area (Å²) in [6.45, 7) is 1.56. The third kappa shape index (κ3) is 3.17. The number of carbonyl (C=O) groups is 1. The molecule has 1 N–H and O–H groups in total. The molecule has 2 aromatic heterocycles. The summed E-state index contributed by atoms with van der Waals surface area (Å²) in [4.78, 5) is 22.7. The van der Waals surface area contributed by atoms with Crippen molar-refractivity contribution in [3.8, 4) is 0 Å². The monoisotopic (exact) mass is 374 g/mol. The van der Waals surface area contributed by atoms with Gasteiger partial charge in [0, 0.05) is 31.5 Å². The van der Waals surface area contributed by atoms with Crippen LogP contribution in [0.1, 0.15) is 23.5 Å². The first-order valence-electron chi connectivity index (χ1n) is 6.52. The van der Waals surface area contributed by atoms with Gasteiger partial charge in [0.1, 0.15) is 0 Å². The Morgan fingerprint density at radius 3 is 3.14 bits per heavy atom. The minimum absolute atomic E-state index is 0. The summed E-state index contributed by atoms with van der Waals surface area (Å²) in [7, 11) is 1.89. The van der Waals surface area contributed by atoms with E-state index in [2.05, 4.69) is 36.3 Å². The average Bonchev–Trinajstić information content (AvgIpc) is 3.04. The molecule has 1 amide bonds. The molecule has 1 aliphatic rings. The Labute approximate surface area is 136 Å². The molecule has 0 aliphatic carbocycles. The van der Waals surface area contributed by atoms with E-state index >= 15 is 0 Å². The Hall–Kier alpha value is -1.25. The van der Waals surface area contributed by atoms with Gasteiger partial charge in [-0.3, -0.25) is 4.79 Å². The van der Waals surface area contributed by atoms with Gasteiger partial charge in [-0.25, -0.2) is 9.50 Å². The molecule has 7 nitrogen and oxygen atoms in total. The van der Waals surface area contributed by atoms with Crippen molar-refractivity contribution in [2.24, 2.45) is 0 Å². The third-order valence-electron chi connectivity index (χ3n) is 3.43. The molecule has 114 valence electrons. The summed E-state index contributed by atoms with van der Waals surface area (Å²) in [5.41, 5.74) is 0. The lowest BCUT2D eigenvalue weighted by molar-refractivity contribution is 0.0725. The lowest BCUT2D eigenvalue weighted by Crippen LogP contribution is -2.41. The largest absolute Gasteiger partial charge is 0.332 e. The van der Waals surface area contributed by atoms with Gasteiger partial charge >= 0.3 is 0 Å². The molecule has 1 fully saturated rings. The van der Waals surface area contributed by atoms with Crippen molar-refractivity contribution in [1.82, 2.24) is 29.8 Å². The number of likely N-dealkylation sites (tertiary alicyclic amines) is 1. The second kappa shape index (κ2) is 6.67. The van der Waals surface area contributed by atoms with Gasteiger partial charge < -0.3 is 10.2 Å². The molecular weight excluding hydrogens is 360 g/mol. The highest BCUT2D eigenvalue weighted by molar-refractivity contribution is 9.10. The molecule has 21 heavy (non-hydrogen) atoms. The van der Waals surface area contributed by atoms with Crippen molar-refractivity contribution in [3.05, 3.63) is 22.7 Å². The molecular formula is C12H16BrClN6O. The van der Waals surface area contributed by atoms with Gasteiger partial charge in [0.05, 0.1) is 4.47 Å². The SMILES string of the molecule is CNCC1CCCN1C(=O)c1nc2ncc(Br)cn2n1.Cl. The van der Waals surface area contributed by atoms with Crippen molar-refractivity contribution in [2.75, 3.05) is 20.1 Å². The van der Waals surface area contributed by atoms with Crippen molar-refractivity contribution in [2.45, 2.75) is 18.9 Å². The molecule has 0 bridgehead atoms. The van der Waals surface area contributed by atoms with Crippen LogP contribution >= 0.6 is 28.3 Å². The van der Waals surface area contributed by atoms with E-state index in [-0.39, 0.29) is 30.2 Å². The highest BCUT2D eigenvalue weighted by atomic mass is 79.9. The highest BCUT2D eigenvalue weighted by Gasteiger charge is 2.31. The number of likely N-dealkylation sites (N-methyl/N-ethyl adjacent to an activating group) is 1. The Morgan fingerprint density at radius 1 is 1.57 bits per heavy atom. The van der Waals surface area contributed by atoms with Crippen LogP contribution in [0.2, 0.25) is 0 Å². The Kier molecular flexibility index (Phi) is 5.13. The molecule has 0 spiro atoms. The second-order valence-electron chi connectivity index (χ2n) is 4.80. The number of nitrogens with one attached hydrogen (secondary N) is 1. The number of nitrogens with zero attached hydrogens (tertiary/aromatic N) is 5. The zero-order valence-corrected chi connectivity index (χ0v) is 13.9. The summed E-state index contributed by atoms with van der Waals surface area (Å²) in [5.74, 6) is 0.517. The van der Waals surface area contributed by atoms with Crippen molar-refractivity contribution < 1.29 is 4.79 Å². The number of fused-ring (bicyclic) bond motifs is 1. The van der Waals surface area contributed by atoms with Crippen LogP contribution in [0, 0.1) is 0 Å². The molecule has 1 saturated heterocycles. The number of halogens is 2. The van der Waals surface area contributed by atoms with E-state index in [1.165, 1.54) is 4.52 Å². The maximum atomic E-state index is 12.5. The fourth-order valence-corrected chi connectivity index (χ4v) is 2.83. The van der Waals surface area contributed by atoms with E-state index < -0.39 is 0 Å². The van der Waals surface area contributed by atoms with Crippen LogP contribution in [0.15, 0.2) is 16.9 Å². The average molecular weight is 376 g/mol. The molecule has 9 heteroatoms. The molecule has 0 aromatic carbocycles. The van der Waals surface area contributed by atoms with Crippen molar-refractivity contribution >= 4 is 40.0 Å². The zero-order chi connectivity index (χ0) is 14.1. The lowest BCUT2D eigenvalue weighted by Gasteiger charge is -2.22. The van der Waals surface area contributed by atoms with Crippen molar-refractivity contribution in [1.29, 1.82) is 0 Å². The topological polar surface area (TPSA) is 75.4 Å². The summed E-state index contributed by atoms with van der Waals surface area (Å²) in [6, 6.07) is 0.221. The zero-order valence-electron chi connectivity index (χ0n) is 11.5. The summed E-state index contributed by atoms with van der Waals surface area (Å²) in [6.07, 6.45) is 5.41. The number of hydrogen-bond donors (Lipinski definition) is 1. The van der Waals surface area contributed by atoms with Gasteiger partial charge in [0.15, 0.2) is 0 Å². The van der Waals surface area contributed by atoms with Crippen molar-refractivity contribution in [3.63, 3.8) is 0 Å². The van der Waals surface area contributed by atoms with E-state index in [0.29, 0.717) is 5.78 Å². The first-order chi connectivity index (χ1) is 9.69. The quantitative estimate of drug-likeness (QED) is 0.870. The number of rotatable bonds is 3. The summed E-state index contributed by atoms with van der Waals surface area (Å²) >= 11 is 3.32. The van der Waals surface area contributed by atoms with Gasteiger partial charge in [-0.1, -0.05) is 0 Å². The highest BCUT2D eigenvalue weighted by Crippen LogP contribution is 2.19. The van der Waals surface area contributed by atoms with E-state index in [1.807, 2.05) is 11.9 Å². The Bertz CT molecular complexity index is 648. The summed E-state index contributed by atoms with van der Waals surface area (Å²) in [5, 5.41) is 7.34. The maximum Gasteiger partial charge on any atom is 0.293 e. The predicted molar refractivity (Wildman–Crippen MR) is 83.7 cm³/mol. The standard InChI is InChI=1S/C12H15BrN6O.ClH/c1-14-6-9-3-2-4-18(9)11(20)10-16-12-15-5-8(13)7-19(12)17-10;/h5,7,9,14H,2-4,6H2,1H3;1H. The van der Waals surface area contributed by atoms with E-state index in [1.54, 1.807) is 12.4 Å². The fourth-order valence-electron chi connectivity index (χ4n) is 2.53. The molecule has 1 unspecified atom stereocenters. The van der Waals surface area contributed by atoms with Crippen LogP contribution in [-0.4, -0.2) is 56.6 Å². The molecule has 3 rings (SSSR count). The summed E-state index contributed by atoms with van der Waals surface area (Å²) < 4.78 is 2.31. The predicted octanol–water partition coefficient (Wildman–Crippen LogP) is 1.13. The minimum atomic E-state index is -0.121. The fraction of sp³-hybridized carbons (Fsp3) is 0.500. The first-order valence-corrected chi connectivity index (χ1v) is 7.32. The number of amides is 1. The minimum Gasteiger partial charge on any atom is -0.332 e. The Morgan fingerprint density at radius 2 is 2.38 bits per heavy atom. The normalized spacial score (nSPS) is 18.0. The Balaban J connectivity index is 0.00000161. The van der Waals surface area contributed by atoms with Crippen LogP contribution in [0.5, 0.6) is 0 Å². The second-order valence-corrected chi connectivity index (χ2v) is 5.72. The number of aromatic nitrogens is 4. The number of carbonyl (C=O) groups excluding carboxylic acids is 1. The van der Waals surface area contributed by atoms with Crippen LogP contribution in [-0.2, 0) is 0 Å². The lowest BCUT2D eigenvalue weighted by atomic mass is 10.2. The molecule has 0 saturated carbocycles. The van der Waals surface area contributed by atoms with Gasteiger partial charge in [0.2, 0.25) is 5.82 Å².